The van der Waals surface area contributed by atoms with Crippen LogP contribution in [-0.4, -0.2) is 74.1 Å². The van der Waals surface area contributed by atoms with Crippen LogP contribution in [0.5, 0.6) is 0 Å². The van der Waals surface area contributed by atoms with Crippen molar-refractivity contribution in [2.24, 2.45) is 5.92 Å². The van der Waals surface area contributed by atoms with Gasteiger partial charge < -0.3 is 19.4 Å². The van der Waals surface area contributed by atoms with Crippen molar-refractivity contribution >= 4 is 11.8 Å². The summed E-state index contributed by atoms with van der Waals surface area (Å²) in [5.41, 5.74) is 0. The molecule has 2 amide bonds. The molecular weight excluding hydrogens is 346 g/mol. The lowest BCUT2D eigenvalue weighted by atomic mass is 9.95. The minimum Gasteiger partial charge on any atom is -0.459 e. The van der Waals surface area contributed by atoms with E-state index < -0.39 is 0 Å². The zero-order valence-corrected chi connectivity index (χ0v) is 16.2. The van der Waals surface area contributed by atoms with E-state index in [1.165, 1.54) is 19.1 Å². The van der Waals surface area contributed by atoms with Crippen molar-refractivity contribution in [2.75, 3.05) is 46.4 Å². The Hall–Kier alpha value is -1.86. The van der Waals surface area contributed by atoms with Gasteiger partial charge in [0.2, 0.25) is 5.91 Å². The zero-order chi connectivity index (χ0) is 19.1. The average Bonchev–Trinajstić information content (AvgIpc) is 3.40. The molecule has 27 heavy (non-hydrogen) atoms. The van der Waals surface area contributed by atoms with Gasteiger partial charge in [-0.15, -0.1) is 0 Å². The van der Waals surface area contributed by atoms with E-state index in [0.29, 0.717) is 37.9 Å². The highest BCUT2D eigenvalue weighted by molar-refractivity contribution is 5.91. The van der Waals surface area contributed by atoms with Gasteiger partial charge in [-0.3, -0.25) is 14.5 Å². The fraction of sp³-hybridized carbons (Fsp3) is 0.700. The van der Waals surface area contributed by atoms with E-state index in [1.807, 2.05) is 4.90 Å². The molecule has 1 unspecified atom stereocenters. The second-order valence-electron chi connectivity index (χ2n) is 7.43. The summed E-state index contributed by atoms with van der Waals surface area (Å²) in [4.78, 5) is 29.4. The number of carbonyl (C=O) groups is 2. The van der Waals surface area contributed by atoms with Crippen LogP contribution in [-0.2, 0) is 9.53 Å². The van der Waals surface area contributed by atoms with Crippen LogP contribution < -0.4 is 5.32 Å². The van der Waals surface area contributed by atoms with Gasteiger partial charge in [0.05, 0.1) is 12.3 Å². The predicted molar refractivity (Wildman–Crippen MR) is 101 cm³/mol. The number of amides is 2. The fourth-order valence-corrected chi connectivity index (χ4v) is 4.24. The van der Waals surface area contributed by atoms with E-state index in [0.717, 1.165) is 32.4 Å². The molecule has 1 aromatic rings. The van der Waals surface area contributed by atoms with Crippen molar-refractivity contribution in [3.63, 3.8) is 0 Å². The molecule has 1 atom stereocenters. The molecule has 1 saturated carbocycles. The summed E-state index contributed by atoms with van der Waals surface area (Å²) in [6.07, 6.45) is 6.98. The van der Waals surface area contributed by atoms with Crippen molar-refractivity contribution in [3.8, 4) is 0 Å². The normalized spacial score (nSPS) is 20.0. The molecular formula is C20H31N3O4. The number of nitrogens with zero attached hydrogens (tertiary/aromatic N) is 2. The topological polar surface area (TPSA) is 75.0 Å². The Morgan fingerprint density at radius 1 is 1.26 bits per heavy atom. The lowest BCUT2D eigenvalue weighted by Crippen LogP contribution is -2.58. The summed E-state index contributed by atoms with van der Waals surface area (Å²) >= 11 is 0. The third-order valence-corrected chi connectivity index (χ3v) is 5.67. The van der Waals surface area contributed by atoms with E-state index in [4.69, 9.17) is 9.15 Å². The molecule has 1 aromatic heterocycles. The Balaban J connectivity index is 1.57. The lowest BCUT2D eigenvalue weighted by molar-refractivity contribution is -0.129. The second-order valence-corrected chi connectivity index (χ2v) is 7.43. The van der Waals surface area contributed by atoms with Gasteiger partial charge in [-0.05, 0) is 37.3 Å². The largest absolute Gasteiger partial charge is 0.459 e. The highest BCUT2D eigenvalue weighted by atomic mass is 16.5. The first kappa shape index (κ1) is 19.9. The SMILES string of the molecule is COCCCNC(=O)C(C1CCCC1)N1CCN(C(=O)c2ccco2)CC1. The third kappa shape index (κ3) is 5.11. The first-order valence-electron chi connectivity index (χ1n) is 10.0. The van der Waals surface area contributed by atoms with Gasteiger partial charge in [0.25, 0.3) is 5.91 Å². The van der Waals surface area contributed by atoms with Gasteiger partial charge >= 0.3 is 0 Å². The van der Waals surface area contributed by atoms with E-state index in [2.05, 4.69) is 10.2 Å². The van der Waals surface area contributed by atoms with Gasteiger partial charge in [-0.1, -0.05) is 12.8 Å². The van der Waals surface area contributed by atoms with Crippen LogP contribution in [0.25, 0.3) is 0 Å². The summed E-state index contributed by atoms with van der Waals surface area (Å²) < 4.78 is 10.3. The van der Waals surface area contributed by atoms with Gasteiger partial charge in [0.15, 0.2) is 5.76 Å². The van der Waals surface area contributed by atoms with Gasteiger partial charge in [-0.2, -0.15) is 0 Å². The molecule has 1 N–H and O–H groups in total. The van der Waals surface area contributed by atoms with Crippen molar-refractivity contribution in [3.05, 3.63) is 24.2 Å². The maximum atomic E-state index is 12.9. The minimum atomic E-state index is -0.0871. The molecule has 2 fully saturated rings. The first-order chi connectivity index (χ1) is 13.2. The molecule has 0 bridgehead atoms. The number of ether oxygens (including phenoxy) is 1. The Morgan fingerprint density at radius 2 is 2.00 bits per heavy atom. The first-order valence-corrected chi connectivity index (χ1v) is 10.0. The highest BCUT2D eigenvalue weighted by Gasteiger charge is 2.37. The molecule has 150 valence electrons. The summed E-state index contributed by atoms with van der Waals surface area (Å²) in [5, 5.41) is 3.09. The number of nitrogens with one attached hydrogen (secondary N) is 1. The molecule has 2 heterocycles. The highest BCUT2D eigenvalue weighted by Crippen LogP contribution is 2.31. The van der Waals surface area contributed by atoms with E-state index in [-0.39, 0.29) is 17.9 Å². The molecule has 1 saturated heterocycles. The van der Waals surface area contributed by atoms with Crippen LogP contribution in [0.2, 0.25) is 0 Å². The van der Waals surface area contributed by atoms with Crippen LogP contribution in [0.15, 0.2) is 22.8 Å². The minimum absolute atomic E-state index is 0.0684. The monoisotopic (exact) mass is 377 g/mol. The number of furan rings is 1. The van der Waals surface area contributed by atoms with Crippen LogP contribution in [0, 0.1) is 5.92 Å². The third-order valence-electron chi connectivity index (χ3n) is 5.67. The van der Waals surface area contributed by atoms with Crippen LogP contribution in [0.1, 0.15) is 42.7 Å². The van der Waals surface area contributed by atoms with Crippen molar-refractivity contribution in [1.82, 2.24) is 15.1 Å². The standard InChI is InChI=1S/C20H31N3O4/c1-26-14-5-9-21-19(24)18(16-6-2-3-7-16)22-10-12-23(13-11-22)20(25)17-8-4-15-27-17/h4,8,15-16,18H,2-3,5-7,9-14H2,1H3,(H,21,24). The predicted octanol–water partition coefficient (Wildman–Crippen LogP) is 1.75. The summed E-state index contributed by atoms with van der Waals surface area (Å²) in [7, 11) is 1.67. The molecule has 2 aliphatic rings. The van der Waals surface area contributed by atoms with Crippen LogP contribution in [0.4, 0.5) is 0 Å². The molecule has 3 rings (SSSR count). The number of rotatable bonds is 8. The van der Waals surface area contributed by atoms with Crippen molar-refractivity contribution < 1.29 is 18.7 Å². The van der Waals surface area contributed by atoms with E-state index >= 15 is 0 Å². The molecule has 1 aliphatic carbocycles. The number of hydrogen-bond acceptors (Lipinski definition) is 5. The molecule has 0 radical (unpaired) electrons. The summed E-state index contributed by atoms with van der Waals surface area (Å²) in [5.74, 6) is 0.858. The average molecular weight is 377 g/mol. The number of methoxy groups -OCH3 is 1. The smallest absolute Gasteiger partial charge is 0.289 e. The Kier molecular flexibility index (Phi) is 7.29. The second kappa shape index (κ2) is 9.90. The molecule has 1 aliphatic heterocycles. The van der Waals surface area contributed by atoms with Crippen LogP contribution in [0.3, 0.4) is 0 Å². The summed E-state index contributed by atoms with van der Waals surface area (Å²) in [6.45, 7) is 3.99. The van der Waals surface area contributed by atoms with Gasteiger partial charge in [0, 0.05) is 46.4 Å². The maximum absolute atomic E-state index is 12.9. The van der Waals surface area contributed by atoms with E-state index in [9.17, 15) is 9.59 Å². The Morgan fingerprint density at radius 3 is 2.63 bits per heavy atom. The molecule has 0 spiro atoms. The lowest BCUT2D eigenvalue weighted by Gasteiger charge is -2.40. The number of hydrogen-bond donors (Lipinski definition) is 1. The van der Waals surface area contributed by atoms with Crippen LogP contribution >= 0.6 is 0 Å². The fourth-order valence-electron chi connectivity index (χ4n) is 4.24. The molecule has 0 aromatic carbocycles. The zero-order valence-electron chi connectivity index (χ0n) is 16.2. The number of piperazine rings is 1. The Labute approximate surface area is 161 Å². The van der Waals surface area contributed by atoms with Crippen molar-refractivity contribution in [1.29, 1.82) is 0 Å². The summed E-state index contributed by atoms with van der Waals surface area (Å²) in [6, 6.07) is 3.34. The van der Waals surface area contributed by atoms with Crippen molar-refractivity contribution in [2.45, 2.75) is 38.1 Å². The van der Waals surface area contributed by atoms with Gasteiger partial charge in [-0.25, -0.2) is 0 Å². The molecule has 7 heteroatoms. The van der Waals surface area contributed by atoms with Gasteiger partial charge in [0.1, 0.15) is 0 Å². The quantitative estimate of drug-likeness (QED) is 0.699. The number of carbonyl (C=O) groups excluding carboxylic acids is 2. The maximum Gasteiger partial charge on any atom is 0.289 e. The van der Waals surface area contributed by atoms with E-state index in [1.54, 1.807) is 19.2 Å². The Bertz CT molecular complexity index is 590. The molecule has 7 nitrogen and oxygen atoms in total.